The van der Waals surface area contributed by atoms with Gasteiger partial charge in [0.2, 0.25) is 0 Å². The fourth-order valence-electron chi connectivity index (χ4n) is 2.57. The van der Waals surface area contributed by atoms with E-state index in [1.165, 1.54) is 50.4 Å². The van der Waals surface area contributed by atoms with Crippen molar-refractivity contribution in [1.82, 2.24) is 15.6 Å². The van der Waals surface area contributed by atoms with Crippen LogP contribution in [-0.4, -0.2) is 28.6 Å². The third-order valence-corrected chi connectivity index (χ3v) is 3.77. The molecule has 2 amide bonds. The van der Waals surface area contributed by atoms with Gasteiger partial charge in [-0.05, 0) is 30.9 Å². The summed E-state index contributed by atoms with van der Waals surface area (Å²) in [7, 11) is 0. The summed E-state index contributed by atoms with van der Waals surface area (Å²) in [6, 6.07) is 2.65. The van der Waals surface area contributed by atoms with Crippen LogP contribution in [0.25, 0.3) is 0 Å². The number of hydrogen-bond donors (Lipinski definition) is 3. The summed E-state index contributed by atoms with van der Waals surface area (Å²) in [5.41, 5.74) is 0.701. The van der Waals surface area contributed by atoms with Crippen molar-refractivity contribution in [2.24, 2.45) is 5.92 Å². The van der Waals surface area contributed by atoms with Gasteiger partial charge >= 0.3 is 12.0 Å². The average molecular weight is 291 g/mol. The Kier molecular flexibility index (Phi) is 5.54. The van der Waals surface area contributed by atoms with Crippen LogP contribution in [0.3, 0.4) is 0 Å². The smallest absolute Gasteiger partial charge is 0.335 e. The predicted octanol–water partition coefficient (Wildman–Crippen LogP) is 2.16. The molecular formula is C15H21N3O3. The SMILES string of the molecule is O=C(NCc1cc(C(=O)O)ccn1)NCC1CCCCC1. The minimum atomic E-state index is -1.000. The van der Waals surface area contributed by atoms with E-state index < -0.39 is 5.97 Å². The lowest BCUT2D eigenvalue weighted by molar-refractivity contribution is 0.0696. The average Bonchev–Trinajstić information content (AvgIpc) is 2.52. The van der Waals surface area contributed by atoms with Gasteiger partial charge < -0.3 is 15.7 Å². The Morgan fingerprint density at radius 1 is 1.24 bits per heavy atom. The number of carboxylic acid groups (broad SMARTS) is 1. The molecule has 1 aromatic rings. The first-order valence-electron chi connectivity index (χ1n) is 7.35. The molecule has 114 valence electrons. The lowest BCUT2D eigenvalue weighted by atomic mass is 9.89. The van der Waals surface area contributed by atoms with Crippen LogP contribution in [0.15, 0.2) is 18.3 Å². The Labute approximate surface area is 124 Å². The number of amides is 2. The molecule has 0 atom stereocenters. The fraction of sp³-hybridized carbons (Fsp3) is 0.533. The van der Waals surface area contributed by atoms with Crippen molar-refractivity contribution in [3.05, 3.63) is 29.6 Å². The lowest BCUT2D eigenvalue weighted by Crippen LogP contribution is -2.38. The van der Waals surface area contributed by atoms with Crippen molar-refractivity contribution in [2.45, 2.75) is 38.6 Å². The predicted molar refractivity (Wildman–Crippen MR) is 78.0 cm³/mol. The maximum Gasteiger partial charge on any atom is 0.335 e. The molecule has 21 heavy (non-hydrogen) atoms. The lowest BCUT2D eigenvalue weighted by Gasteiger charge is -2.21. The van der Waals surface area contributed by atoms with E-state index in [4.69, 9.17) is 5.11 Å². The molecular weight excluding hydrogens is 270 g/mol. The Hall–Kier alpha value is -2.11. The zero-order valence-corrected chi connectivity index (χ0v) is 12.0. The second-order valence-electron chi connectivity index (χ2n) is 5.41. The summed E-state index contributed by atoms with van der Waals surface area (Å²) < 4.78 is 0. The van der Waals surface area contributed by atoms with E-state index in [1.807, 2.05) is 0 Å². The minimum absolute atomic E-state index is 0.171. The zero-order chi connectivity index (χ0) is 15.1. The summed E-state index contributed by atoms with van der Waals surface area (Å²) in [5.74, 6) is -0.418. The van der Waals surface area contributed by atoms with Crippen molar-refractivity contribution in [3.8, 4) is 0 Å². The highest BCUT2D eigenvalue weighted by Crippen LogP contribution is 2.22. The van der Waals surface area contributed by atoms with E-state index in [2.05, 4.69) is 15.6 Å². The quantitative estimate of drug-likeness (QED) is 0.775. The molecule has 0 aromatic carbocycles. The number of carboxylic acids is 1. The van der Waals surface area contributed by atoms with Gasteiger partial charge in [-0.1, -0.05) is 19.3 Å². The molecule has 6 heteroatoms. The van der Waals surface area contributed by atoms with E-state index in [1.54, 1.807) is 0 Å². The van der Waals surface area contributed by atoms with Gasteiger partial charge in [0.1, 0.15) is 0 Å². The van der Waals surface area contributed by atoms with Gasteiger partial charge in [-0.2, -0.15) is 0 Å². The maximum atomic E-state index is 11.7. The van der Waals surface area contributed by atoms with Crippen LogP contribution in [0.4, 0.5) is 4.79 Å². The Bertz CT molecular complexity index is 499. The van der Waals surface area contributed by atoms with Gasteiger partial charge in [0.05, 0.1) is 17.8 Å². The van der Waals surface area contributed by atoms with E-state index in [0.29, 0.717) is 18.2 Å². The van der Waals surface area contributed by atoms with E-state index >= 15 is 0 Å². The van der Waals surface area contributed by atoms with Gasteiger partial charge in [-0.25, -0.2) is 9.59 Å². The zero-order valence-electron chi connectivity index (χ0n) is 12.0. The van der Waals surface area contributed by atoms with Gasteiger partial charge in [-0.3, -0.25) is 4.98 Å². The molecule has 0 unspecified atom stereocenters. The van der Waals surface area contributed by atoms with Crippen molar-refractivity contribution in [3.63, 3.8) is 0 Å². The number of nitrogens with zero attached hydrogens (tertiary/aromatic N) is 1. The number of pyridine rings is 1. The standard InChI is InChI=1S/C15H21N3O3/c19-14(20)12-6-7-16-13(8-12)10-18-15(21)17-9-11-4-2-1-3-5-11/h6-8,11H,1-5,9-10H2,(H,19,20)(H2,17,18,21). The molecule has 2 rings (SSSR count). The number of urea groups is 1. The van der Waals surface area contributed by atoms with Crippen LogP contribution in [0, 0.1) is 5.92 Å². The van der Waals surface area contributed by atoms with Crippen LogP contribution in [0.5, 0.6) is 0 Å². The summed E-state index contributed by atoms with van der Waals surface area (Å²) in [4.78, 5) is 26.6. The fourth-order valence-corrected chi connectivity index (χ4v) is 2.57. The molecule has 0 aliphatic heterocycles. The van der Waals surface area contributed by atoms with Crippen LogP contribution in [0.2, 0.25) is 0 Å². The molecule has 1 saturated carbocycles. The summed E-state index contributed by atoms with van der Waals surface area (Å²) in [6.45, 7) is 0.923. The Morgan fingerprint density at radius 2 is 2.00 bits per heavy atom. The monoisotopic (exact) mass is 291 g/mol. The molecule has 3 N–H and O–H groups in total. The molecule has 0 radical (unpaired) electrons. The molecule has 1 fully saturated rings. The molecule has 1 aliphatic rings. The number of nitrogens with one attached hydrogen (secondary N) is 2. The Morgan fingerprint density at radius 3 is 2.71 bits per heavy atom. The second kappa shape index (κ2) is 7.61. The third kappa shape index (κ3) is 5.06. The number of carbonyl (C=O) groups is 2. The highest BCUT2D eigenvalue weighted by molar-refractivity contribution is 5.87. The molecule has 0 saturated heterocycles. The van der Waals surface area contributed by atoms with E-state index in [0.717, 1.165) is 0 Å². The number of aromatic nitrogens is 1. The van der Waals surface area contributed by atoms with Crippen LogP contribution < -0.4 is 10.6 Å². The number of carbonyl (C=O) groups excluding carboxylic acids is 1. The summed E-state index contributed by atoms with van der Waals surface area (Å²) >= 11 is 0. The van der Waals surface area contributed by atoms with Crippen molar-refractivity contribution >= 4 is 12.0 Å². The van der Waals surface area contributed by atoms with Gasteiger partial charge in [0.15, 0.2) is 0 Å². The molecule has 0 spiro atoms. The highest BCUT2D eigenvalue weighted by Gasteiger charge is 2.14. The molecule has 0 bridgehead atoms. The first-order chi connectivity index (χ1) is 10.1. The topological polar surface area (TPSA) is 91.3 Å². The Balaban J connectivity index is 1.73. The highest BCUT2D eigenvalue weighted by atomic mass is 16.4. The van der Waals surface area contributed by atoms with Gasteiger partial charge in [0, 0.05) is 12.7 Å². The number of hydrogen-bond acceptors (Lipinski definition) is 3. The van der Waals surface area contributed by atoms with Crippen LogP contribution in [0.1, 0.15) is 48.2 Å². The van der Waals surface area contributed by atoms with Crippen molar-refractivity contribution in [1.29, 1.82) is 0 Å². The maximum absolute atomic E-state index is 11.7. The van der Waals surface area contributed by atoms with Crippen molar-refractivity contribution < 1.29 is 14.7 Å². The third-order valence-electron chi connectivity index (χ3n) is 3.77. The van der Waals surface area contributed by atoms with Crippen LogP contribution >= 0.6 is 0 Å². The second-order valence-corrected chi connectivity index (χ2v) is 5.41. The van der Waals surface area contributed by atoms with Crippen LogP contribution in [-0.2, 0) is 6.54 Å². The summed E-state index contributed by atoms with van der Waals surface area (Å²) in [5, 5.41) is 14.5. The normalized spacial score (nSPS) is 15.4. The van der Waals surface area contributed by atoms with E-state index in [9.17, 15) is 9.59 Å². The van der Waals surface area contributed by atoms with Gasteiger partial charge in [-0.15, -0.1) is 0 Å². The molecule has 6 nitrogen and oxygen atoms in total. The van der Waals surface area contributed by atoms with Gasteiger partial charge in [0.25, 0.3) is 0 Å². The van der Waals surface area contributed by atoms with Crippen molar-refractivity contribution in [2.75, 3.05) is 6.54 Å². The molecule has 1 aromatic heterocycles. The number of aromatic carboxylic acids is 1. The molecule has 1 aliphatic carbocycles. The number of rotatable bonds is 5. The first-order valence-corrected chi connectivity index (χ1v) is 7.35. The molecule has 1 heterocycles. The summed E-state index contributed by atoms with van der Waals surface area (Å²) in [6.07, 6.45) is 7.60. The van der Waals surface area contributed by atoms with E-state index in [-0.39, 0.29) is 18.1 Å². The first kappa shape index (κ1) is 15.3. The minimum Gasteiger partial charge on any atom is -0.478 e. The largest absolute Gasteiger partial charge is 0.478 e.